The van der Waals surface area contributed by atoms with Gasteiger partial charge in [-0.15, -0.1) is 11.3 Å². The molecule has 41 heavy (non-hydrogen) atoms. The highest BCUT2D eigenvalue weighted by atomic mass is 35.5. The summed E-state index contributed by atoms with van der Waals surface area (Å²) in [5.41, 5.74) is -0.954. The third-order valence-electron chi connectivity index (χ3n) is 6.59. The van der Waals surface area contributed by atoms with Crippen LogP contribution in [0.25, 0.3) is 16.6 Å². The number of likely N-dealkylation sites (tertiary alicyclic amines) is 1. The molecular formula is C26H26ClFN6O5S2. The van der Waals surface area contributed by atoms with Crippen molar-refractivity contribution < 1.29 is 17.6 Å². The number of hydrogen-bond acceptors (Lipinski definition) is 8. The van der Waals surface area contributed by atoms with Crippen LogP contribution in [0.2, 0.25) is 4.34 Å². The van der Waals surface area contributed by atoms with Crippen molar-refractivity contribution >= 4 is 61.3 Å². The SMILES string of the molecule is O=C(Nc1ccc(-n2c(=O)[nH]c3cc(NCCN4CCCCC4)ccc3c2=O)c(F)c1)NS(=O)(=O)c1ccc(Cl)s1. The van der Waals surface area contributed by atoms with Gasteiger partial charge in [-0.05, 0) is 74.5 Å². The summed E-state index contributed by atoms with van der Waals surface area (Å²) in [6.07, 6.45) is 3.67. The largest absolute Gasteiger partial charge is 0.384 e. The van der Waals surface area contributed by atoms with E-state index in [-0.39, 0.29) is 25.3 Å². The minimum Gasteiger partial charge on any atom is -0.384 e. The van der Waals surface area contributed by atoms with Crippen molar-refractivity contribution in [2.45, 2.75) is 23.5 Å². The Morgan fingerprint density at radius 3 is 2.49 bits per heavy atom. The zero-order valence-electron chi connectivity index (χ0n) is 21.6. The van der Waals surface area contributed by atoms with Crippen LogP contribution in [0, 0.1) is 5.82 Å². The fourth-order valence-corrected chi connectivity index (χ4v) is 7.02. The number of sulfonamides is 1. The number of benzene rings is 2. The number of nitrogens with zero attached hydrogens (tertiary/aromatic N) is 2. The number of fused-ring (bicyclic) bond motifs is 1. The molecule has 0 radical (unpaired) electrons. The van der Waals surface area contributed by atoms with Gasteiger partial charge in [0.1, 0.15) is 10.0 Å². The number of nitrogens with one attached hydrogen (secondary N) is 4. The molecule has 4 aromatic rings. The maximum absolute atomic E-state index is 15.1. The van der Waals surface area contributed by atoms with Crippen molar-refractivity contribution in [3.05, 3.63) is 79.5 Å². The monoisotopic (exact) mass is 620 g/mol. The quantitative estimate of drug-likeness (QED) is 0.233. The van der Waals surface area contributed by atoms with Crippen LogP contribution in [0.5, 0.6) is 0 Å². The molecule has 0 unspecified atom stereocenters. The van der Waals surface area contributed by atoms with Crippen LogP contribution in [0.4, 0.5) is 20.6 Å². The zero-order chi connectivity index (χ0) is 29.1. The van der Waals surface area contributed by atoms with Gasteiger partial charge in [-0.2, -0.15) is 0 Å². The Kier molecular flexibility index (Phi) is 8.45. The molecule has 1 fully saturated rings. The summed E-state index contributed by atoms with van der Waals surface area (Å²) in [6, 6.07) is 9.67. The molecule has 15 heteroatoms. The second kappa shape index (κ2) is 12.0. The number of aromatic amines is 1. The third kappa shape index (κ3) is 6.62. The van der Waals surface area contributed by atoms with Crippen molar-refractivity contribution in [3.8, 4) is 5.69 Å². The summed E-state index contributed by atoms with van der Waals surface area (Å²) in [4.78, 5) is 43.3. The molecule has 0 bridgehead atoms. The van der Waals surface area contributed by atoms with E-state index in [0.717, 1.165) is 48.8 Å². The Hall–Kier alpha value is -3.72. The average Bonchev–Trinajstić information content (AvgIpc) is 3.37. The minimum absolute atomic E-state index is 0.103. The number of halogens is 2. The Balaban J connectivity index is 1.31. The van der Waals surface area contributed by atoms with Crippen LogP contribution in [0.15, 0.2) is 62.3 Å². The average molecular weight is 621 g/mol. The normalized spacial score (nSPS) is 14.2. The minimum atomic E-state index is -4.19. The van der Waals surface area contributed by atoms with E-state index in [4.69, 9.17) is 11.6 Å². The number of urea groups is 1. The lowest BCUT2D eigenvalue weighted by molar-refractivity contribution is 0.237. The van der Waals surface area contributed by atoms with E-state index >= 15 is 4.39 Å². The first-order chi connectivity index (χ1) is 19.6. The highest BCUT2D eigenvalue weighted by molar-refractivity contribution is 7.92. The van der Waals surface area contributed by atoms with Gasteiger partial charge in [0.05, 0.1) is 20.9 Å². The van der Waals surface area contributed by atoms with Crippen molar-refractivity contribution in [2.24, 2.45) is 0 Å². The fraction of sp³-hybridized carbons (Fsp3) is 0.269. The predicted octanol–water partition coefficient (Wildman–Crippen LogP) is 3.94. The van der Waals surface area contributed by atoms with Crippen LogP contribution < -0.4 is 26.6 Å². The predicted molar refractivity (Wildman–Crippen MR) is 158 cm³/mol. The zero-order valence-corrected chi connectivity index (χ0v) is 24.0. The summed E-state index contributed by atoms with van der Waals surface area (Å²) >= 11 is 6.51. The number of H-pyrrole nitrogens is 1. The number of carbonyl (C=O) groups is 1. The van der Waals surface area contributed by atoms with Gasteiger partial charge in [0.15, 0.2) is 0 Å². The van der Waals surface area contributed by atoms with Crippen molar-refractivity contribution in [1.29, 1.82) is 0 Å². The van der Waals surface area contributed by atoms with Crippen LogP contribution in [0.3, 0.4) is 0 Å². The number of rotatable bonds is 8. The maximum atomic E-state index is 15.1. The molecule has 1 saturated heterocycles. The summed E-state index contributed by atoms with van der Waals surface area (Å²) in [7, 11) is -4.19. The van der Waals surface area contributed by atoms with E-state index in [1.165, 1.54) is 37.5 Å². The van der Waals surface area contributed by atoms with Crippen LogP contribution >= 0.6 is 22.9 Å². The molecule has 0 atom stereocenters. The molecular weight excluding hydrogens is 595 g/mol. The molecule has 3 heterocycles. The number of aromatic nitrogens is 2. The Labute approximate surface area is 243 Å². The van der Waals surface area contributed by atoms with Crippen molar-refractivity contribution in [1.82, 2.24) is 19.2 Å². The van der Waals surface area contributed by atoms with E-state index < -0.39 is 33.1 Å². The van der Waals surface area contributed by atoms with Gasteiger partial charge < -0.3 is 20.5 Å². The molecule has 216 valence electrons. The van der Waals surface area contributed by atoms with E-state index in [1.807, 2.05) is 0 Å². The molecule has 0 aliphatic carbocycles. The molecule has 1 aliphatic heterocycles. The number of carbonyl (C=O) groups excluding carboxylic acids is 1. The first-order valence-electron chi connectivity index (χ1n) is 12.7. The van der Waals surface area contributed by atoms with E-state index in [0.29, 0.717) is 16.6 Å². The van der Waals surface area contributed by atoms with E-state index in [2.05, 4.69) is 20.5 Å². The highest BCUT2D eigenvalue weighted by Gasteiger charge is 2.21. The third-order valence-corrected chi connectivity index (χ3v) is 9.64. The van der Waals surface area contributed by atoms with E-state index in [1.54, 1.807) is 22.9 Å². The van der Waals surface area contributed by atoms with Crippen LogP contribution in [-0.2, 0) is 10.0 Å². The standard InChI is InChI=1S/C26H26ClFN6O5S2/c27-22-8-9-23(40-22)41(38,39)32-25(36)30-17-5-7-21(19(28)14-17)34-24(35)18-6-4-16(15-20(18)31-26(34)37)29-10-13-33-11-2-1-3-12-33/h4-9,14-15,29H,1-3,10-13H2,(H,31,37)(H2,30,32,36). The molecule has 11 nitrogen and oxygen atoms in total. The summed E-state index contributed by atoms with van der Waals surface area (Å²) < 4.78 is 42.2. The summed E-state index contributed by atoms with van der Waals surface area (Å²) in [6.45, 7) is 3.77. The van der Waals surface area contributed by atoms with Gasteiger partial charge in [0.25, 0.3) is 15.6 Å². The molecule has 0 spiro atoms. The first-order valence-corrected chi connectivity index (χ1v) is 15.4. The van der Waals surface area contributed by atoms with Gasteiger partial charge in [-0.25, -0.2) is 31.7 Å². The lowest BCUT2D eigenvalue weighted by Crippen LogP contribution is -2.35. The number of anilines is 2. The fourth-order valence-electron chi connectivity index (χ4n) is 4.63. The molecule has 4 N–H and O–H groups in total. The smallest absolute Gasteiger partial charge is 0.333 e. The highest BCUT2D eigenvalue weighted by Crippen LogP contribution is 2.25. The van der Waals surface area contributed by atoms with Gasteiger partial charge >= 0.3 is 11.7 Å². The maximum Gasteiger partial charge on any atom is 0.333 e. The number of thiophene rings is 1. The van der Waals surface area contributed by atoms with Gasteiger partial charge in [-0.3, -0.25) is 4.79 Å². The molecule has 2 aromatic carbocycles. The van der Waals surface area contributed by atoms with Crippen LogP contribution in [0.1, 0.15) is 19.3 Å². The Bertz CT molecular complexity index is 1830. The Morgan fingerprint density at radius 1 is 1.02 bits per heavy atom. The number of amides is 2. The van der Waals surface area contributed by atoms with Crippen LogP contribution in [-0.4, -0.2) is 55.1 Å². The molecule has 2 aromatic heterocycles. The van der Waals surface area contributed by atoms with E-state index in [9.17, 15) is 22.8 Å². The van der Waals surface area contributed by atoms with Gasteiger partial charge in [0.2, 0.25) is 0 Å². The number of hydrogen-bond donors (Lipinski definition) is 4. The summed E-state index contributed by atoms with van der Waals surface area (Å²) in [5.74, 6) is -0.987. The topological polar surface area (TPSA) is 145 Å². The van der Waals surface area contributed by atoms with Crippen molar-refractivity contribution in [2.75, 3.05) is 36.8 Å². The second-order valence-electron chi connectivity index (χ2n) is 9.44. The molecule has 0 saturated carbocycles. The number of piperidine rings is 1. The second-order valence-corrected chi connectivity index (χ2v) is 13.1. The molecule has 1 aliphatic rings. The van der Waals surface area contributed by atoms with Gasteiger partial charge in [-0.1, -0.05) is 18.0 Å². The van der Waals surface area contributed by atoms with Crippen molar-refractivity contribution in [3.63, 3.8) is 0 Å². The lowest BCUT2D eigenvalue weighted by atomic mass is 10.1. The first kappa shape index (κ1) is 28.8. The lowest BCUT2D eigenvalue weighted by Gasteiger charge is -2.26. The summed E-state index contributed by atoms with van der Waals surface area (Å²) in [5, 5.41) is 5.71. The molecule has 2 amide bonds. The van der Waals surface area contributed by atoms with Gasteiger partial charge in [0, 0.05) is 24.5 Å². The Morgan fingerprint density at radius 2 is 1.78 bits per heavy atom. The molecule has 5 rings (SSSR count).